The molecule has 0 aliphatic carbocycles. The first-order valence-corrected chi connectivity index (χ1v) is 3.05. The van der Waals surface area contributed by atoms with Crippen molar-refractivity contribution < 1.29 is 11.0 Å². The summed E-state index contributed by atoms with van der Waals surface area (Å²) in [5.41, 5.74) is 10.2. The van der Waals surface area contributed by atoms with Gasteiger partial charge in [-0.25, -0.2) is 0 Å². The largest absolute Gasteiger partial charge is 0.330 e. The molecule has 0 spiro atoms. The van der Waals surface area contributed by atoms with Gasteiger partial charge in [0.05, 0.1) is 0 Å². The molecule has 5 N–H and O–H groups in total. The number of rotatable bonds is 7. The molecule has 3 nitrogen and oxygen atoms in total. The van der Waals surface area contributed by atoms with E-state index in [2.05, 4.69) is 5.32 Å². The van der Waals surface area contributed by atoms with Gasteiger partial charge in [-0.15, -0.1) is 37.2 Å². The maximum atomic E-state index is 7.53. The Balaban J connectivity index is -0.000000482. The van der Waals surface area contributed by atoms with E-state index in [1.165, 1.54) is 0 Å². The third kappa shape index (κ3) is 24.5. The number of hydrogen-bond acceptors (Lipinski definition) is 3. The molecule has 0 aromatic rings. The van der Waals surface area contributed by atoms with E-state index in [4.69, 9.17) is 22.4 Å². The molecular weight excluding hydrogens is 232 g/mol. The van der Waals surface area contributed by atoms with Crippen molar-refractivity contribution in [1.29, 1.82) is 0 Å². The quantitative estimate of drug-likeness (QED) is 0.598. The van der Waals surface area contributed by atoms with Gasteiger partial charge in [0.25, 0.3) is 0 Å². The molecule has 0 fully saturated rings. The molecule has 6 heteroatoms. The van der Waals surface area contributed by atoms with Crippen LogP contribution in [-0.4, -0.2) is 26.1 Å². The highest BCUT2D eigenvalue weighted by atomic mass is 35.5. The van der Waals surface area contributed by atoms with E-state index in [-0.39, 0.29) is 50.3 Å². The molecule has 0 saturated heterocycles. The summed E-state index contributed by atoms with van der Waals surface area (Å²) in [6.07, 6.45) is -5.99. The molecule has 0 bridgehead atoms. The average Bonchev–Trinajstić information content (AvgIpc) is 2.15. The first kappa shape index (κ1) is 7.09. The lowest BCUT2D eigenvalue weighted by atomic mass is 10.3. The van der Waals surface area contributed by atoms with E-state index in [1.54, 1.807) is 0 Å². The second-order valence-electron chi connectivity index (χ2n) is 1.59. The summed E-state index contributed by atoms with van der Waals surface area (Å²) in [7, 11) is 0. The Morgan fingerprint density at radius 1 is 1.08 bits per heavy atom. The summed E-state index contributed by atoms with van der Waals surface area (Å²) in [6, 6.07) is 0. The second-order valence-corrected chi connectivity index (χ2v) is 1.59. The fourth-order valence-corrected chi connectivity index (χ4v) is 0.364. The summed E-state index contributed by atoms with van der Waals surface area (Å²) < 4.78 is 59.1. The van der Waals surface area contributed by atoms with Crippen molar-refractivity contribution in [2.45, 2.75) is 19.2 Å². The molecular formula is C7H22Cl3N3. The predicted octanol–water partition coefficient (Wildman–Crippen LogP) is 0.929. The third-order valence-corrected chi connectivity index (χ3v) is 0.791. The van der Waals surface area contributed by atoms with E-state index in [1.807, 2.05) is 0 Å². The summed E-state index contributed by atoms with van der Waals surface area (Å²) >= 11 is 0. The van der Waals surface area contributed by atoms with Crippen molar-refractivity contribution in [2.24, 2.45) is 11.5 Å². The molecule has 0 amide bonds. The molecule has 86 valence electrons. The van der Waals surface area contributed by atoms with E-state index in [0.29, 0.717) is 6.42 Å². The maximum Gasteiger partial charge on any atom is 0.0428 e. The first-order chi connectivity index (χ1) is 7.81. The lowest BCUT2D eigenvalue weighted by molar-refractivity contribution is 0.611. The highest BCUT2D eigenvalue weighted by molar-refractivity contribution is 5.86. The van der Waals surface area contributed by atoms with Gasteiger partial charge in [-0.1, -0.05) is 0 Å². The van der Waals surface area contributed by atoms with Gasteiger partial charge in [-0.2, -0.15) is 0 Å². The Morgan fingerprint density at radius 3 is 2.15 bits per heavy atom. The molecule has 0 heterocycles. The zero-order valence-electron chi connectivity index (χ0n) is 15.0. The zero-order chi connectivity index (χ0) is 14.8. The van der Waals surface area contributed by atoms with E-state index in [0.717, 1.165) is 0 Å². The van der Waals surface area contributed by atoms with E-state index in [9.17, 15) is 0 Å². The fourth-order valence-electron chi connectivity index (χ4n) is 0.364. The Hall–Kier alpha value is 0.750. The minimum absolute atomic E-state index is 0. The van der Waals surface area contributed by atoms with Crippen molar-refractivity contribution >= 4 is 37.2 Å². The maximum absolute atomic E-state index is 7.53. The number of nitrogens with two attached hydrogens (primary N) is 2. The van der Waals surface area contributed by atoms with Crippen LogP contribution in [0.25, 0.3) is 0 Å². The average molecular weight is 263 g/mol. The van der Waals surface area contributed by atoms with Crippen molar-refractivity contribution in [2.75, 3.05) is 26.1 Å². The van der Waals surface area contributed by atoms with Crippen LogP contribution in [0.4, 0.5) is 0 Å². The third-order valence-electron chi connectivity index (χ3n) is 0.791. The van der Waals surface area contributed by atoms with Gasteiger partial charge >= 0.3 is 0 Å². The molecule has 0 rings (SSSR count). The minimum Gasteiger partial charge on any atom is -0.330 e. The Bertz CT molecular complexity index is 287. The van der Waals surface area contributed by atoms with E-state index < -0.39 is 25.7 Å². The van der Waals surface area contributed by atoms with Crippen LogP contribution in [-0.2, 0) is 0 Å². The lowest BCUT2D eigenvalue weighted by Gasteiger charge is -2.01. The lowest BCUT2D eigenvalue weighted by Crippen LogP contribution is -2.19. The van der Waals surface area contributed by atoms with Crippen molar-refractivity contribution in [3.8, 4) is 0 Å². The minimum atomic E-state index is -3.21. The fraction of sp³-hybridized carbons (Fsp3) is 1.00. The van der Waals surface area contributed by atoms with Crippen molar-refractivity contribution in [1.82, 2.24) is 5.32 Å². The summed E-state index contributed by atoms with van der Waals surface area (Å²) in [5.74, 6) is 0. The molecule has 0 aliphatic rings. The summed E-state index contributed by atoms with van der Waals surface area (Å²) in [4.78, 5) is 0. The van der Waals surface area contributed by atoms with Gasteiger partial charge in [-0.3, -0.25) is 0 Å². The predicted molar refractivity (Wildman–Crippen MR) is 66.6 cm³/mol. The van der Waals surface area contributed by atoms with Crippen LogP contribution in [0.2, 0.25) is 0 Å². The first-order valence-electron chi connectivity index (χ1n) is 7.05. The molecule has 0 aromatic carbocycles. The Kier molecular flexibility index (Phi) is 12.5. The Morgan fingerprint density at radius 2 is 1.69 bits per heavy atom. The van der Waals surface area contributed by atoms with Gasteiger partial charge in [0.2, 0.25) is 0 Å². The molecule has 0 radical (unpaired) electrons. The summed E-state index contributed by atoms with van der Waals surface area (Å²) in [6.45, 7) is -5.47. The van der Waals surface area contributed by atoms with Crippen LogP contribution < -0.4 is 16.8 Å². The number of nitrogens with one attached hydrogen (secondary N) is 1. The molecule has 0 atom stereocenters. The van der Waals surface area contributed by atoms with Gasteiger partial charge in [-0.05, 0) is 45.2 Å². The highest BCUT2D eigenvalue weighted by Gasteiger charge is 1.85. The molecule has 13 heavy (non-hydrogen) atoms. The van der Waals surface area contributed by atoms with Crippen LogP contribution in [0.3, 0.4) is 0 Å². The standard InChI is InChI=1S/C7H19N3.3ClH/c8-4-1-2-6-10-7-3-5-9;;;/h10H,1-9H2;3*1H/i1D2,2D2,4D2,6D2;;;. The summed E-state index contributed by atoms with van der Waals surface area (Å²) in [5, 5.41) is 2.19. The van der Waals surface area contributed by atoms with E-state index >= 15 is 0 Å². The van der Waals surface area contributed by atoms with Crippen LogP contribution in [0.5, 0.6) is 0 Å². The van der Waals surface area contributed by atoms with Crippen LogP contribution in [0.1, 0.15) is 30.1 Å². The molecule has 0 saturated carbocycles. The van der Waals surface area contributed by atoms with Crippen LogP contribution >= 0.6 is 37.2 Å². The van der Waals surface area contributed by atoms with Crippen molar-refractivity contribution in [3.63, 3.8) is 0 Å². The van der Waals surface area contributed by atoms with Gasteiger partial charge < -0.3 is 16.8 Å². The normalized spacial score (nSPS) is 21.4. The van der Waals surface area contributed by atoms with Gasteiger partial charge in [0, 0.05) is 11.0 Å². The second kappa shape index (κ2) is 23.0. The monoisotopic (exact) mass is 261 g/mol. The van der Waals surface area contributed by atoms with Gasteiger partial charge in [0.1, 0.15) is 0 Å². The zero-order valence-corrected chi connectivity index (χ0v) is 9.45. The molecule has 0 aromatic heterocycles. The van der Waals surface area contributed by atoms with Crippen LogP contribution in [0, 0.1) is 0 Å². The SMILES string of the molecule is Cl.Cl.Cl.[2H]C([2H])(N)C([2H])([2H])C([2H])([2H])C([2H])([2H])NCCCN. The Labute approximate surface area is 111 Å². The number of halogens is 3. The highest BCUT2D eigenvalue weighted by Crippen LogP contribution is 1.81. The topological polar surface area (TPSA) is 64.1 Å². The molecule has 0 aliphatic heterocycles. The van der Waals surface area contributed by atoms with Crippen molar-refractivity contribution in [3.05, 3.63) is 0 Å². The van der Waals surface area contributed by atoms with Crippen LogP contribution in [0.15, 0.2) is 0 Å². The smallest absolute Gasteiger partial charge is 0.0428 e. The number of hydrogen-bond donors (Lipinski definition) is 3. The van der Waals surface area contributed by atoms with Gasteiger partial charge in [0.15, 0.2) is 0 Å². The molecule has 0 unspecified atom stereocenters.